The molecule has 48 heavy (non-hydrogen) atoms. The quantitative estimate of drug-likeness (QED) is 0.273. The number of hydrogen-bond donors (Lipinski definition) is 4. The van der Waals surface area contributed by atoms with Crippen LogP contribution in [0.25, 0.3) is 22.2 Å². The maximum Gasteiger partial charge on any atom is 0.410 e. The third-order valence-electron chi connectivity index (χ3n) is 8.84. The van der Waals surface area contributed by atoms with E-state index in [1.54, 1.807) is 4.90 Å². The number of aliphatic hydroxyl groups is 1. The van der Waals surface area contributed by atoms with Gasteiger partial charge in [-0.3, -0.25) is 4.79 Å². The van der Waals surface area contributed by atoms with E-state index in [-0.39, 0.29) is 29.6 Å². The van der Waals surface area contributed by atoms with Crippen molar-refractivity contribution in [2.24, 2.45) is 5.41 Å². The van der Waals surface area contributed by atoms with Crippen molar-refractivity contribution in [3.8, 4) is 17.1 Å². The fourth-order valence-corrected chi connectivity index (χ4v) is 6.78. The summed E-state index contributed by atoms with van der Waals surface area (Å²) >= 11 is 0. The number of benzene rings is 1. The summed E-state index contributed by atoms with van der Waals surface area (Å²) in [4.78, 5) is 47.0. The fourth-order valence-electron chi connectivity index (χ4n) is 6.78. The van der Waals surface area contributed by atoms with Crippen molar-refractivity contribution in [2.45, 2.75) is 97.5 Å². The Balaban J connectivity index is 0.000000271. The second-order valence-corrected chi connectivity index (χ2v) is 14.9. The van der Waals surface area contributed by atoms with E-state index in [1.807, 2.05) is 77.9 Å². The van der Waals surface area contributed by atoms with Crippen LogP contribution in [-0.4, -0.2) is 98.1 Å². The molecule has 3 aromatic rings. The summed E-state index contributed by atoms with van der Waals surface area (Å²) in [5, 5.41) is 22.7. The lowest BCUT2D eigenvalue weighted by atomic mass is 9.79. The lowest BCUT2D eigenvalue weighted by molar-refractivity contribution is -0.0306. The lowest BCUT2D eigenvalue weighted by Gasteiger charge is -2.44. The lowest BCUT2D eigenvalue weighted by Crippen LogP contribution is -2.56. The number of fused-ring (bicyclic) bond motifs is 2. The van der Waals surface area contributed by atoms with Crippen LogP contribution in [0.4, 0.5) is 9.59 Å². The Hall–Kier alpha value is -4.32. The minimum Gasteiger partial charge on any atom is -0.472 e. The van der Waals surface area contributed by atoms with Gasteiger partial charge in [0.15, 0.2) is 0 Å². The van der Waals surface area contributed by atoms with Gasteiger partial charge in [0, 0.05) is 54.5 Å². The van der Waals surface area contributed by atoms with Crippen molar-refractivity contribution in [1.29, 1.82) is 0 Å². The molecule has 1 aromatic carbocycles. The number of rotatable bonds is 3. The minimum atomic E-state index is -0.927. The molecule has 0 aliphatic carbocycles. The minimum absolute atomic E-state index is 0.0483. The van der Waals surface area contributed by atoms with E-state index in [0.717, 1.165) is 53.5 Å². The molecule has 3 aliphatic heterocycles. The molecule has 12 heteroatoms. The number of likely N-dealkylation sites (tertiary alicyclic amines) is 2. The average molecular weight is 664 g/mol. The number of nitrogens with one attached hydrogen (secondary N) is 2. The van der Waals surface area contributed by atoms with E-state index in [9.17, 15) is 19.5 Å². The number of carbonyl (C=O) groups excluding carboxylic acids is 2. The molecule has 4 N–H and O–H groups in total. The van der Waals surface area contributed by atoms with Gasteiger partial charge in [0.05, 0.1) is 29.8 Å². The first-order chi connectivity index (χ1) is 22.6. The zero-order valence-electron chi connectivity index (χ0n) is 28.8. The maximum atomic E-state index is 12.5. The molecular weight excluding hydrogens is 614 g/mol. The Labute approximate surface area is 281 Å². The molecule has 5 heterocycles. The van der Waals surface area contributed by atoms with Crippen molar-refractivity contribution < 1.29 is 34.1 Å². The molecule has 260 valence electrons. The van der Waals surface area contributed by atoms with E-state index >= 15 is 0 Å². The van der Waals surface area contributed by atoms with Crippen LogP contribution in [0.3, 0.4) is 0 Å². The van der Waals surface area contributed by atoms with Crippen LogP contribution in [-0.2, 0) is 11.2 Å². The van der Waals surface area contributed by atoms with Gasteiger partial charge in [-0.2, -0.15) is 0 Å². The molecule has 2 fully saturated rings. The molecule has 0 radical (unpaired) electrons. The summed E-state index contributed by atoms with van der Waals surface area (Å²) < 4.78 is 11.8. The molecular formula is C36H49N5O7. The second kappa shape index (κ2) is 14.0. The van der Waals surface area contributed by atoms with Gasteiger partial charge in [-0.25, -0.2) is 14.6 Å². The highest BCUT2D eigenvalue weighted by Crippen LogP contribution is 2.33. The smallest absolute Gasteiger partial charge is 0.410 e. The first kappa shape index (κ1) is 35.0. The number of H-pyrrole nitrogens is 1. The predicted octanol–water partition coefficient (Wildman–Crippen LogP) is 5.83. The molecule has 2 unspecified atom stereocenters. The number of aliphatic hydroxyl groups excluding tert-OH is 1. The molecule has 0 spiro atoms. The van der Waals surface area contributed by atoms with E-state index in [2.05, 4.69) is 10.3 Å². The number of piperidine rings is 2. The zero-order valence-corrected chi connectivity index (χ0v) is 28.8. The van der Waals surface area contributed by atoms with Gasteiger partial charge in [-0.1, -0.05) is 39.0 Å². The zero-order chi connectivity index (χ0) is 34.8. The summed E-state index contributed by atoms with van der Waals surface area (Å²) in [5.41, 5.74) is 3.49. The van der Waals surface area contributed by atoms with Gasteiger partial charge in [-0.15, -0.1) is 0 Å². The Morgan fingerprint density at radius 2 is 1.75 bits per heavy atom. The molecule has 0 bridgehead atoms. The molecule has 2 aromatic heterocycles. The summed E-state index contributed by atoms with van der Waals surface area (Å²) in [7, 11) is 0. The summed E-state index contributed by atoms with van der Waals surface area (Å²) in [6.07, 6.45) is 2.00. The number of pyridine rings is 1. The predicted molar refractivity (Wildman–Crippen MR) is 182 cm³/mol. The van der Waals surface area contributed by atoms with E-state index in [1.165, 1.54) is 4.90 Å². The van der Waals surface area contributed by atoms with Gasteiger partial charge in [0.1, 0.15) is 11.7 Å². The van der Waals surface area contributed by atoms with Crippen LogP contribution >= 0.6 is 0 Å². The highest BCUT2D eigenvalue weighted by molar-refractivity contribution is 6.00. The number of carboxylic acid groups (broad SMARTS) is 1. The Bertz CT molecular complexity index is 1640. The Morgan fingerprint density at radius 3 is 2.42 bits per heavy atom. The van der Waals surface area contributed by atoms with Gasteiger partial charge < -0.3 is 39.8 Å². The van der Waals surface area contributed by atoms with Gasteiger partial charge in [0.25, 0.3) is 5.91 Å². The number of carbonyl (C=O) groups is 3. The Kier molecular flexibility index (Phi) is 10.2. The number of para-hydroxylation sites is 1. The number of aromatic amines is 1. The van der Waals surface area contributed by atoms with Gasteiger partial charge >= 0.3 is 12.2 Å². The van der Waals surface area contributed by atoms with E-state index < -0.39 is 17.8 Å². The standard InChI is InChI=1S/C26H30N4O4.C10H19NO3/c1-26(2,3)34-25(32)30-13-5-7-17(15-30)33-22-10-9-16-6-4-8-18(23(16)29-22)21-14-19-20(28-21)11-12-27-24(19)31;1-10(2,3)8-7(12)5-4-6-11(8)9(13)14/h4,6,8-10,14,17,28H,5,7,11-13,15H2,1-3H3,(H,27,31);7-8,12H,4-6H2,1-3H3,(H,13,14)/t17-;/m1./s1. The van der Waals surface area contributed by atoms with Crippen molar-refractivity contribution in [1.82, 2.24) is 25.1 Å². The molecule has 3 amide bonds. The molecule has 6 rings (SSSR count). The van der Waals surface area contributed by atoms with Crippen LogP contribution in [0.5, 0.6) is 5.88 Å². The van der Waals surface area contributed by atoms with E-state index in [4.69, 9.17) is 19.6 Å². The number of nitrogens with zero attached hydrogens (tertiary/aromatic N) is 3. The summed E-state index contributed by atoms with van der Waals surface area (Å²) in [6, 6.07) is 11.5. The molecule has 2 saturated heterocycles. The van der Waals surface area contributed by atoms with Crippen LogP contribution in [0.2, 0.25) is 0 Å². The van der Waals surface area contributed by atoms with Crippen LogP contribution in [0, 0.1) is 5.41 Å². The summed E-state index contributed by atoms with van der Waals surface area (Å²) in [6.45, 7) is 13.8. The van der Waals surface area contributed by atoms with Crippen molar-refractivity contribution in [2.75, 3.05) is 26.2 Å². The fraction of sp³-hybridized carbons (Fsp3) is 0.556. The highest BCUT2D eigenvalue weighted by atomic mass is 16.6. The average Bonchev–Trinajstić information content (AvgIpc) is 3.45. The first-order valence-corrected chi connectivity index (χ1v) is 16.8. The number of aromatic nitrogens is 2. The van der Waals surface area contributed by atoms with Crippen LogP contribution < -0.4 is 10.1 Å². The number of amides is 3. The third kappa shape index (κ3) is 8.21. The van der Waals surface area contributed by atoms with E-state index in [0.29, 0.717) is 44.0 Å². The monoisotopic (exact) mass is 663 g/mol. The van der Waals surface area contributed by atoms with Crippen molar-refractivity contribution in [3.05, 3.63) is 47.7 Å². The first-order valence-electron chi connectivity index (χ1n) is 16.8. The molecule has 3 atom stereocenters. The SMILES string of the molecule is CC(C)(C)C1C(O)CCCN1C(=O)O.CC(C)(C)OC(=O)N1CCC[C@@H](Oc2ccc3cccc(-c4cc5c([nH]4)CCNC5=O)c3n2)C1. The topological polar surface area (TPSA) is 157 Å². The van der Waals surface area contributed by atoms with Crippen molar-refractivity contribution in [3.63, 3.8) is 0 Å². The number of ether oxygens (including phenoxy) is 2. The van der Waals surface area contributed by atoms with Crippen molar-refractivity contribution >= 4 is 29.0 Å². The third-order valence-corrected chi connectivity index (χ3v) is 8.84. The summed E-state index contributed by atoms with van der Waals surface area (Å²) in [5.74, 6) is 0.470. The van der Waals surface area contributed by atoms with Crippen LogP contribution in [0.15, 0.2) is 36.4 Å². The largest absolute Gasteiger partial charge is 0.472 e. The molecule has 12 nitrogen and oxygen atoms in total. The van der Waals surface area contributed by atoms with Gasteiger partial charge in [-0.05, 0) is 64.0 Å². The second-order valence-electron chi connectivity index (χ2n) is 14.9. The normalized spacial score (nSPS) is 21.5. The number of hydrogen-bond acceptors (Lipinski definition) is 7. The maximum absolute atomic E-state index is 12.5. The molecule has 3 aliphatic rings. The van der Waals surface area contributed by atoms with Gasteiger partial charge in [0.2, 0.25) is 5.88 Å². The highest BCUT2D eigenvalue weighted by Gasteiger charge is 2.40. The Morgan fingerprint density at radius 1 is 1.00 bits per heavy atom. The molecule has 0 saturated carbocycles. The van der Waals surface area contributed by atoms with Crippen LogP contribution in [0.1, 0.15) is 83.3 Å².